The van der Waals surface area contributed by atoms with Crippen molar-refractivity contribution in [3.8, 4) is 11.5 Å². The lowest BCUT2D eigenvalue weighted by molar-refractivity contribution is -0.136. The van der Waals surface area contributed by atoms with Crippen molar-refractivity contribution in [1.29, 1.82) is 0 Å². The van der Waals surface area contributed by atoms with Gasteiger partial charge in [-0.2, -0.15) is 13.2 Å². The second-order valence-corrected chi connectivity index (χ2v) is 8.14. The number of alkyl halides is 3. The molecule has 1 aliphatic rings. The Kier molecular flexibility index (Phi) is 5.56. The monoisotopic (exact) mass is 474 g/mol. The molecule has 0 spiro atoms. The van der Waals surface area contributed by atoms with E-state index in [0.29, 0.717) is 28.6 Å². The highest BCUT2D eigenvalue weighted by atomic mass is 19.4. The SMILES string of the molecule is Nc1ccc(Oc2ccc(C3=CC(c4ccc(N)c(C(F)(F)F)c4)Nc4ncccc43)cc2)cc1. The van der Waals surface area contributed by atoms with Gasteiger partial charge in [-0.1, -0.05) is 18.2 Å². The number of halogens is 3. The Morgan fingerprint density at radius 1 is 0.857 bits per heavy atom. The van der Waals surface area contributed by atoms with Crippen LogP contribution >= 0.6 is 0 Å². The number of hydrogen-bond donors (Lipinski definition) is 3. The van der Waals surface area contributed by atoms with E-state index in [-0.39, 0.29) is 5.69 Å². The second kappa shape index (κ2) is 8.72. The fourth-order valence-corrected chi connectivity index (χ4v) is 4.00. The van der Waals surface area contributed by atoms with E-state index < -0.39 is 17.8 Å². The number of nitrogens with zero attached hydrogens (tertiary/aromatic N) is 1. The van der Waals surface area contributed by atoms with E-state index in [1.807, 2.05) is 42.5 Å². The molecule has 0 bridgehead atoms. The number of pyridine rings is 1. The Bertz CT molecular complexity index is 1400. The van der Waals surface area contributed by atoms with Crippen LogP contribution in [0.5, 0.6) is 11.5 Å². The Morgan fingerprint density at radius 3 is 2.23 bits per heavy atom. The number of aromatic nitrogens is 1. The molecular formula is C27H21F3N4O. The summed E-state index contributed by atoms with van der Waals surface area (Å²) in [5.74, 6) is 1.89. The number of ether oxygens (including phenoxy) is 1. The maximum Gasteiger partial charge on any atom is 0.418 e. The van der Waals surface area contributed by atoms with Crippen LogP contribution in [0.25, 0.3) is 5.57 Å². The van der Waals surface area contributed by atoms with Crippen LogP contribution < -0.4 is 21.5 Å². The smallest absolute Gasteiger partial charge is 0.418 e. The van der Waals surface area contributed by atoms with Crippen LogP contribution in [0.1, 0.15) is 28.3 Å². The third-order valence-corrected chi connectivity index (χ3v) is 5.75. The fourth-order valence-electron chi connectivity index (χ4n) is 4.00. The van der Waals surface area contributed by atoms with E-state index in [4.69, 9.17) is 16.2 Å². The largest absolute Gasteiger partial charge is 0.457 e. The highest BCUT2D eigenvalue weighted by molar-refractivity contribution is 5.88. The molecule has 5 rings (SSSR count). The fraction of sp³-hybridized carbons (Fsp3) is 0.0741. The van der Waals surface area contributed by atoms with Crippen LogP contribution in [-0.4, -0.2) is 4.98 Å². The Morgan fingerprint density at radius 2 is 1.54 bits per heavy atom. The molecule has 2 heterocycles. The number of nitrogen functional groups attached to an aromatic ring is 2. The van der Waals surface area contributed by atoms with E-state index >= 15 is 0 Å². The van der Waals surface area contributed by atoms with Gasteiger partial charge in [0, 0.05) is 23.1 Å². The minimum atomic E-state index is -4.54. The van der Waals surface area contributed by atoms with Gasteiger partial charge in [0.25, 0.3) is 0 Å². The first kappa shape index (κ1) is 22.3. The Labute approximate surface area is 199 Å². The number of fused-ring (bicyclic) bond motifs is 1. The van der Waals surface area contributed by atoms with E-state index in [1.165, 1.54) is 6.07 Å². The first-order valence-corrected chi connectivity index (χ1v) is 10.8. The molecule has 0 amide bonds. The summed E-state index contributed by atoms with van der Waals surface area (Å²) in [5, 5.41) is 3.23. The van der Waals surface area contributed by atoms with E-state index in [2.05, 4.69) is 10.3 Å². The molecule has 1 aromatic heterocycles. The average molecular weight is 474 g/mol. The molecule has 35 heavy (non-hydrogen) atoms. The normalized spacial score (nSPS) is 15.1. The zero-order valence-electron chi connectivity index (χ0n) is 18.4. The summed E-state index contributed by atoms with van der Waals surface area (Å²) in [7, 11) is 0. The van der Waals surface area contributed by atoms with Crippen molar-refractivity contribution in [3.63, 3.8) is 0 Å². The topological polar surface area (TPSA) is 86.2 Å². The molecule has 8 heteroatoms. The third kappa shape index (κ3) is 4.63. The van der Waals surface area contributed by atoms with E-state index in [0.717, 1.165) is 22.8 Å². The number of anilines is 3. The van der Waals surface area contributed by atoms with Crippen molar-refractivity contribution in [3.05, 3.63) is 113 Å². The Balaban J connectivity index is 1.50. The summed E-state index contributed by atoms with van der Waals surface area (Å²) >= 11 is 0. The van der Waals surface area contributed by atoms with Crippen LogP contribution in [0.15, 0.2) is 91.1 Å². The van der Waals surface area contributed by atoms with Crippen LogP contribution in [0, 0.1) is 0 Å². The number of nitrogens with one attached hydrogen (secondary N) is 1. The minimum absolute atomic E-state index is 0.309. The number of benzene rings is 3. The van der Waals surface area contributed by atoms with Crippen molar-refractivity contribution in [2.75, 3.05) is 16.8 Å². The van der Waals surface area contributed by atoms with Crippen molar-refractivity contribution in [2.24, 2.45) is 0 Å². The summed E-state index contributed by atoms with van der Waals surface area (Å²) in [5.41, 5.74) is 13.8. The highest BCUT2D eigenvalue weighted by Crippen LogP contribution is 2.40. The lowest BCUT2D eigenvalue weighted by Gasteiger charge is -2.27. The summed E-state index contributed by atoms with van der Waals surface area (Å²) in [6.07, 6.45) is -1.01. The molecule has 0 saturated carbocycles. The zero-order valence-corrected chi connectivity index (χ0v) is 18.4. The molecule has 0 radical (unpaired) electrons. The molecule has 1 unspecified atom stereocenters. The predicted octanol–water partition coefficient (Wildman–Crippen LogP) is 6.66. The predicted molar refractivity (Wildman–Crippen MR) is 131 cm³/mol. The van der Waals surface area contributed by atoms with Gasteiger partial charge in [0.2, 0.25) is 0 Å². The van der Waals surface area contributed by atoms with E-state index in [1.54, 1.807) is 36.5 Å². The molecule has 0 saturated heterocycles. The summed E-state index contributed by atoms with van der Waals surface area (Å²) in [6.45, 7) is 0. The van der Waals surface area contributed by atoms with Crippen molar-refractivity contribution in [2.45, 2.75) is 12.2 Å². The van der Waals surface area contributed by atoms with Gasteiger partial charge in [0.1, 0.15) is 17.3 Å². The van der Waals surface area contributed by atoms with Gasteiger partial charge in [-0.3, -0.25) is 0 Å². The minimum Gasteiger partial charge on any atom is -0.457 e. The molecule has 5 N–H and O–H groups in total. The van der Waals surface area contributed by atoms with Crippen LogP contribution in [0.2, 0.25) is 0 Å². The molecule has 0 fully saturated rings. The summed E-state index contributed by atoms with van der Waals surface area (Å²) in [6, 6.07) is 21.7. The van der Waals surface area contributed by atoms with Gasteiger partial charge >= 0.3 is 6.18 Å². The number of rotatable bonds is 4. The van der Waals surface area contributed by atoms with Crippen LogP contribution in [-0.2, 0) is 6.18 Å². The zero-order chi connectivity index (χ0) is 24.6. The first-order chi connectivity index (χ1) is 16.8. The van der Waals surface area contributed by atoms with Crippen molar-refractivity contribution >= 4 is 22.8 Å². The molecule has 1 aliphatic heterocycles. The molecule has 5 nitrogen and oxygen atoms in total. The number of nitrogens with two attached hydrogens (primary N) is 2. The van der Waals surface area contributed by atoms with Crippen LogP contribution in [0.3, 0.4) is 0 Å². The lowest BCUT2D eigenvalue weighted by atomic mass is 9.90. The first-order valence-electron chi connectivity index (χ1n) is 10.8. The molecule has 3 aromatic carbocycles. The number of hydrogen-bond acceptors (Lipinski definition) is 5. The van der Waals surface area contributed by atoms with Gasteiger partial charge in [-0.25, -0.2) is 4.98 Å². The summed E-state index contributed by atoms with van der Waals surface area (Å²) < 4.78 is 46.2. The average Bonchev–Trinajstić information content (AvgIpc) is 2.85. The maximum absolute atomic E-state index is 13.4. The molecule has 1 atom stereocenters. The molecule has 0 aliphatic carbocycles. The molecule has 176 valence electrons. The van der Waals surface area contributed by atoms with Gasteiger partial charge < -0.3 is 21.5 Å². The van der Waals surface area contributed by atoms with Gasteiger partial charge in [0.15, 0.2) is 0 Å². The third-order valence-electron chi connectivity index (χ3n) is 5.75. The second-order valence-electron chi connectivity index (χ2n) is 8.14. The summed E-state index contributed by atoms with van der Waals surface area (Å²) in [4.78, 5) is 4.41. The Hall–Kier alpha value is -4.46. The van der Waals surface area contributed by atoms with E-state index in [9.17, 15) is 13.2 Å². The highest BCUT2D eigenvalue weighted by Gasteiger charge is 2.34. The van der Waals surface area contributed by atoms with Crippen molar-refractivity contribution in [1.82, 2.24) is 4.98 Å². The van der Waals surface area contributed by atoms with Crippen molar-refractivity contribution < 1.29 is 17.9 Å². The molecular weight excluding hydrogens is 453 g/mol. The van der Waals surface area contributed by atoms with Gasteiger partial charge in [0.05, 0.1) is 11.6 Å². The van der Waals surface area contributed by atoms with Gasteiger partial charge in [-0.05, 0) is 83.4 Å². The quantitative estimate of drug-likeness (QED) is 0.288. The standard InChI is InChI=1S/C27H21F3N4O/c28-27(29,30)23-14-17(5-12-24(23)32)25-15-22(21-2-1-13-33-26(21)34-25)16-3-8-19(9-4-16)35-20-10-6-18(31)7-11-20/h1-15,25H,31-32H2,(H,33,34). The molecule has 4 aromatic rings. The maximum atomic E-state index is 13.4. The van der Waals surface area contributed by atoms with Crippen LogP contribution in [0.4, 0.5) is 30.4 Å². The van der Waals surface area contributed by atoms with Gasteiger partial charge in [-0.15, -0.1) is 0 Å². The lowest BCUT2D eigenvalue weighted by Crippen LogP contribution is -2.17.